The monoisotopic (exact) mass is 366 g/mol. The lowest BCUT2D eigenvalue weighted by atomic mass is 10.0. The lowest BCUT2D eigenvalue weighted by molar-refractivity contribution is 0.0239. The smallest absolute Gasteiger partial charge is 0.410 e. The van der Waals surface area contributed by atoms with Gasteiger partial charge in [-0.15, -0.1) is 0 Å². The van der Waals surface area contributed by atoms with Crippen molar-refractivity contribution in [3.63, 3.8) is 0 Å². The first-order chi connectivity index (χ1) is 12.1. The van der Waals surface area contributed by atoms with E-state index in [2.05, 4.69) is 4.98 Å². The molecule has 0 atom stereocenters. The quantitative estimate of drug-likeness (QED) is 0.590. The first-order valence-electron chi connectivity index (χ1n) is 7.87. The molecule has 2 heterocycles. The minimum absolute atomic E-state index is 0.0476. The van der Waals surface area contributed by atoms with Crippen LogP contribution in [0.1, 0.15) is 52.9 Å². The maximum atomic E-state index is 12.3. The number of hydrogen-bond acceptors (Lipinski definition) is 8. The van der Waals surface area contributed by atoms with E-state index in [1.807, 2.05) is 0 Å². The van der Waals surface area contributed by atoms with Crippen molar-refractivity contribution in [2.24, 2.45) is 0 Å². The highest BCUT2D eigenvalue weighted by Gasteiger charge is 2.36. The van der Waals surface area contributed by atoms with Gasteiger partial charge in [-0.2, -0.15) is 0 Å². The Morgan fingerprint density at radius 3 is 2.12 bits per heavy atom. The fourth-order valence-corrected chi connectivity index (χ4v) is 2.59. The Bertz CT molecular complexity index is 752. The predicted molar refractivity (Wildman–Crippen MR) is 88.9 cm³/mol. The molecule has 0 bridgehead atoms. The molecule has 0 saturated carbocycles. The predicted octanol–water partition coefficient (Wildman–Crippen LogP) is 1.91. The fourth-order valence-electron chi connectivity index (χ4n) is 2.59. The van der Waals surface area contributed by atoms with Gasteiger partial charge in [-0.05, 0) is 20.8 Å². The number of hydrogen-bond donors (Lipinski definition) is 0. The number of aromatic nitrogens is 1. The Hall–Kier alpha value is -2.84. The van der Waals surface area contributed by atoms with Gasteiger partial charge in [0.15, 0.2) is 11.4 Å². The van der Waals surface area contributed by atoms with E-state index in [1.54, 1.807) is 20.8 Å². The molecule has 1 aromatic heterocycles. The average Bonchev–Trinajstić information content (AvgIpc) is 3.00. The number of amides is 1. The standard InChI is InChI=1S/C17H22N2O7/c1-17(2,3)26-16(22)19-7-9-10(8-19)18-12(15(21)25-6)13(23-4)11(9)14(20)24-5/h7-8H2,1-6H3. The lowest BCUT2D eigenvalue weighted by Gasteiger charge is -2.24. The maximum Gasteiger partial charge on any atom is 0.410 e. The first-order valence-corrected chi connectivity index (χ1v) is 7.87. The maximum absolute atomic E-state index is 12.3. The summed E-state index contributed by atoms with van der Waals surface area (Å²) in [6.07, 6.45) is -0.551. The van der Waals surface area contributed by atoms with Crippen molar-refractivity contribution >= 4 is 18.0 Å². The first kappa shape index (κ1) is 19.5. The zero-order valence-electron chi connectivity index (χ0n) is 15.7. The van der Waals surface area contributed by atoms with Gasteiger partial charge in [0.1, 0.15) is 11.2 Å². The summed E-state index contributed by atoms with van der Waals surface area (Å²) in [6, 6.07) is 0. The van der Waals surface area contributed by atoms with Crippen LogP contribution in [0.4, 0.5) is 4.79 Å². The summed E-state index contributed by atoms with van der Waals surface area (Å²) in [5.41, 5.74) is 0.0654. The molecule has 0 radical (unpaired) electrons. The molecular formula is C17H22N2O7. The SMILES string of the molecule is COC(=O)c1nc2c(c(C(=O)OC)c1OC)CN(C(=O)OC(C)(C)C)C2. The molecule has 0 N–H and O–H groups in total. The molecule has 9 heteroatoms. The summed E-state index contributed by atoms with van der Waals surface area (Å²) in [6.45, 7) is 5.43. The average molecular weight is 366 g/mol. The topological polar surface area (TPSA) is 104 Å². The number of carbonyl (C=O) groups is 3. The molecule has 0 saturated heterocycles. The third-order valence-corrected chi connectivity index (χ3v) is 3.65. The summed E-state index contributed by atoms with van der Waals surface area (Å²) in [4.78, 5) is 42.3. The minimum Gasteiger partial charge on any atom is -0.493 e. The largest absolute Gasteiger partial charge is 0.493 e. The second kappa shape index (κ2) is 7.19. The number of fused-ring (bicyclic) bond motifs is 1. The van der Waals surface area contributed by atoms with E-state index < -0.39 is 23.6 Å². The number of pyridine rings is 1. The highest BCUT2D eigenvalue weighted by atomic mass is 16.6. The summed E-state index contributed by atoms with van der Waals surface area (Å²) in [5.74, 6) is -1.50. The number of esters is 2. The van der Waals surface area contributed by atoms with E-state index >= 15 is 0 Å². The van der Waals surface area contributed by atoms with Gasteiger partial charge in [0.25, 0.3) is 0 Å². The van der Waals surface area contributed by atoms with E-state index in [0.717, 1.165) is 0 Å². The van der Waals surface area contributed by atoms with Gasteiger partial charge < -0.3 is 18.9 Å². The lowest BCUT2D eigenvalue weighted by Crippen LogP contribution is -2.33. The van der Waals surface area contributed by atoms with E-state index in [4.69, 9.17) is 18.9 Å². The van der Waals surface area contributed by atoms with Crippen molar-refractivity contribution in [3.05, 3.63) is 22.5 Å². The van der Waals surface area contributed by atoms with Crippen molar-refractivity contribution in [3.8, 4) is 5.75 Å². The van der Waals surface area contributed by atoms with Gasteiger partial charge in [0, 0.05) is 5.56 Å². The molecule has 0 aromatic carbocycles. The van der Waals surface area contributed by atoms with Gasteiger partial charge >= 0.3 is 18.0 Å². The van der Waals surface area contributed by atoms with Crippen molar-refractivity contribution in [1.29, 1.82) is 0 Å². The van der Waals surface area contributed by atoms with Crippen LogP contribution in [0.25, 0.3) is 0 Å². The van der Waals surface area contributed by atoms with Crippen molar-refractivity contribution < 1.29 is 33.3 Å². The van der Waals surface area contributed by atoms with E-state index in [-0.39, 0.29) is 30.1 Å². The summed E-state index contributed by atoms with van der Waals surface area (Å²) in [5, 5.41) is 0. The third-order valence-electron chi connectivity index (χ3n) is 3.65. The number of ether oxygens (including phenoxy) is 4. The van der Waals surface area contributed by atoms with Crippen LogP contribution < -0.4 is 4.74 Å². The van der Waals surface area contributed by atoms with E-state index in [0.29, 0.717) is 11.3 Å². The highest BCUT2D eigenvalue weighted by molar-refractivity contribution is 6.00. The molecule has 1 aromatic rings. The molecule has 2 rings (SSSR count). The van der Waals surface area contributed by atoms with Gasteiger partial charge in [-0.25, -0.2) is 19.4 Å². The zero-order chi connectivity index (χ0) is 19.6. The number of nitrogens with zero attached hydrogens (tertiary/aromatic N) is 2. The van der Waals surface area contributed by atoms with Gasteiger partial charge in [0.05, 0.1) is 40.1 Å². The van der Waals surface area contributed by atoms with Crippen molar-refractivity contribution in [2.45, 2.75) is 39.5 Å². The van der Waals surface area contributed by atoms with E-state index in [1.165, 1.54) is 26.2 Å². The van der Waals surface area contributed by atoms with Gasteiger partial charge in [0.2, 0.25) is 0 Å². The summed E-state index contributed by atoms with van der Waals surface area (Å²) in [7, 11) is 3.72. The van der Waals surface area contributed by atoms with Crippen LogP contribution >= 0.6 is 0 Å². The molecule has 0 aliphatic carbocycles. The van der Waals surface area contributed by atoms with Gasteiger partial charge in [-0.3, -0.25) is 4.90 Å². The van der Waals surface area contributed by atoms with Crippen molar-refractivity contribution in [2.75, 3.05) is 21.3 Å². The third kappa shape index (κ3) is 3.71. The van der Waals surface area contributed by atoms with Crippen molar-refractivity contribution in [1.82, 2.24) is 9.88 Å². The molecule has 1 aliphatic rings. The van der Waals surface area contributed by atoms with Crippen LogP contribution in [-0.4, -0.2) is 54.8 Å². The second-order valence-electron chi connectivity index (χ2n) is 6.61. The Morgan fingerprint density at radius 1 is 1.00 bits per heavy atom. The molecule has 26 heavy (non-hydrogen) atoms. The minimum atomic E-state index is -0.759. The fraction of sp³-hybridized carbons (Fsp3) is 0.529. The Morgan fingerprint density at radius 2 is 1.62 bits per heavy atom. The molecule has 142 valence electrons. The second-order valence-corrected chi connectivity index (χ2v) is 6.61. The van der Waals surface area contributed by atoms with Crippen LogP contribution in [0, 0.1) is 0 Å². The molecular weight excluding hydrogens is 344 g/mol. The number of methoxy groups -OCH3 is 3. The number of carbonyl (C=O) groups excluding carboxylic acids is 3. The normalized spacial score (nSPS) is 13.1. The molecule has 0 spiro atoms. The Balaban J connectivity index is 2.52. The zero-order valence-corrected chi connectivity index (χ0v) is 15.7. The molecule has 1 amide bonds. The Kier molecular flexibility index (Phi) is 5.38. The Labute approximate surface area is 151 Å². The van der Waals surface area contributed by atoms with Crippen LogP contribution in [0.5, 0.6) is 5.75 Å². The molecule has 1 aliphatic heterocycles. The molecule has 9 nitrogen and oxygen atoms in total. The van der Waals surface area contributed by atoms with Crippen LogP contribution in [0.3, 0.4) is 0 Å². The van der Waals surface area contributed by atoms with E-state index in [9.17, 15) is 14.4 Å². The van der Waals surface area contributed by atoms with Gasteiger partial charge in [-0.1, -0.05) is 0 Å². The van der Waals surface area contributed by atoms with Crippen LogP contribution in [0.2, 0.25) is 0 Å². The highest BCUT2D eigenvalue weighted by Crippen LogP contribution is 2.34. The van der Waals surface area contributed by atoms with Crippen LogP contribution in [-0.2, 0) is 27.3 Å². The molecule has 0 fully saturated rings. The summed E-state index contributed by atoms with van der Waals surface area (Å²) < 4.78 is 20.1. The molecule has 0 unspecified atom stereocenters. The summed E-state index contributed by atoms with van der Waals surface area (Å²) >= 11 is 0. The number of rotatable bonds is 3. The van der Waals surface area contributed by atoms with Crippen LogP contribution in [0.15, 0.2) is 0 Å².